The maximum Gasteiger partial charge on any atom is 0.227 e. The Kier molecular flexibility index (Phi) is 6.18. The van der Waals surface area contributed by atoms with Crippen molar-refractivity contribution in [3.63, 3.8) is 0 Å². The van der Waals surface area contributed by atoms with Gasteiger partial charge in [-0.25, -0.2) is 4.39 Å². The zero-order valence-corrected chi connectivity index (χ0v) is 17.2. The number of carbonyl (C=O) groups excluding carboxylic acids is 2. The van der Waals surface area contributed by atoms with Crippen LogP contribution >= 0.6 is 0 Å². The molecule has 0 unspecified atom stereocenters. The first kappa shape index (κ1) is 20.3. The summed E-state index contributed by atoms with van der Waals surface area (Å²) in [5, 5.41) is 0. The van der Waals surface area contributed by atoms with E-state index >= 15 is 0 Å². The van der Waals surface area contributed by atoms with Crippen molar-refractivity contribution in [2.45, 2.75) is 51.5 Å². The van der Waals surface area contributed by atoms with E-state index in [1.807, 2.05) is 15.9 Å². The first-order valence-electron chi connectivity index (χ1n) is 11.0. The summed E-state index contributed by atoms with van der Waals surface area (Å²) in [6, 6.07) is 5.08. The van der Waals surface area contributed by atoms with Gasteiger partial charge in [-0.05, 0) is 49.8 Å². The van der Waals surface area contributed by atoms with Crippen molar-refractivity contribution in [3.8, 4) is 0 Å². The van der Waals surface area contributed by atoms with Crippen LogP contribution in [0.1, 0.15) is 55.7 Å². The number of rotatable bonds is 3. The van der Waals surface area contributed by atoms with Crippen LogP contribution in [-0.4, -0.2) is 54.5 Å². The molecule has 0 radical (unpaired) electrons. The normalized spacial score (nSPS) is 26.0. The lowest BCUT2D eigenvalue weighted by molar-refractivity contribution is -0.147. The van der Waals surface area contributed by atoms with E-state index in [4.69, 9.17) is 4.74 Å². The summed E-state index contributed by atoms with van der Waals surface area (Å²) in [6.07, 6.45) is 5.57. The number of morpholine rings is 1. The lowest BCUT2D eigenvalue weighted by Crippen LogP contribution is -2.51. The first-order chi connectivity index (χ1) is 14.0. The molecule has 2 heterocycles. The second-order valence-corrected chi connectivity index (χ2v) is 8.71. The molecule has 1 aromatic rings. The topological polar surface area (TPSA) is 49.9 Å². The van der Waals surface area contributed by atoms with Crippen LogP contribution in [0.25, 0.3) is 0 Å². The van der Waals surface area contributed by atoms with Crippen molar-refractivity contribution < 1.29 is 18.7 Å². The van der Waals surface area contributed by atoms with Gasteiger partial charge < -0.3 is 14.5 Å². The van der Waals surface area contributed by atoms with Crippen molar-refractivity contribution in [2.24, 2.45) is 11.8 Å². The molecule has 6 heteroatoms. The molecule has 0 N–H and O–H groups in total. The number of ether oxygens (including phenoxy) is 1. The fourth-order valence-electron chi connectivity index (χ4n) is 5.09. The number of benzene rings is 1. The van der Waals surface area contributed by atoms with Gasteiger partial charge in [0.1, 0.15) is 5.82 Å². The summed E-state index contributed by atoms with van der Waals surface area (Å²) in [6.45, 7) is 4.66. The second-order valence-electron chi connectivity index (χ2n) is 8.71. The fourth-order valence-corrected chi connectivity index (χ4v) is 5.09. The zero-order valence-electron chi connectivity index (χ0n) is 17.2. The molecular formula is C23H31FN2O3. The van der Waals surface area contributed by atoms with Crippen molar-refractivity contribution in [1.82, 2.24) is 9.80 Å². The highest BCUT2D eigenvalue weighted by Gasteiger charge is 2.39. The van der Waals surface area contributed by atoms with E-state index in [0.29, 0.717) is 38.4 Å². The van der Waals surface area contributed by atoms with E-state index < -0.39 is 0 Å². The molecular weight excluding hydrogens is 371 g/mol. The second kappa shape index (κ2) is 8.82. The van der Waals surface area contributed by atoms with E-state index in [-0.39, 0.29) is 35.5 Å². The first-order valence-corrected chi connectivity index (χ1v) is 11.0. The Balaban J connectivity index is 1.56. The van der Waals surface area contributed by atoms with Gasteiger partial charge in [0.15, 0.2) is 0 Å². The Hall–Kier alpha value is -1.95. The van der Waals surface area contributed by atoms with Gasteiger partial charge in [0, 0.05) is 25.6 Å². The Morgan fingerprint density at radius 3 is 2.41 bits per heavy atom. The molecule has 1 aliphatic carbocycles. The number of nitrogens with zero attached hydrogens (tertiary/aromatic N) is 2. The van der Waals surface area contributed by atoms with Gasteiger partial charge in [0.05, 0.1) is 25.2 Å². The van der Waals surface area contributed by atoms with Gasteiger partial charge in [-0.3, -0.25) is 9.59 Å². The number of aryl methyl sites for hydroxylation is 1. The van der Waals surface area contributed by atoms with Crippen LogP contribution in [0.15, 0.2) is 18.2 Å². The quantitative estimate of drug-likeness (QED) is 0.778. The average Bonchev–Trinajstić information content (AvgIpc) is 3.30. The van der Waals surface area contributed by atoms with Crippen molar-refractivity contribution in [3.05, 3.63) is 35.1 Å². The van der Waals surface area contributed by atoms with Crippen LogP contribution in [-0.2, 0) is 14.3 Å². The Labute approximate surface area is 172 Å². The van der Waals surface area contributed by atoms with Crippen LogP contribution in [0.4, 0.5) is 4.39 Å². The minimum absolute atomic E-state index is 0.0660. The molecule has 1 aromatic carbocycles. The van der Waals surface area contributed by atoms with Gasteiger partial charge in [-0.1, -0.05) is 25.0 Å². The Morgan fingerprint density at radius 1 is 1.00 bits per heavy atom. The molecule has 2 atom stereocenters. The number of piperidine rings is 1. The number of halogens is 1. The number of hydrogen-bond donors (Lipinski definition) is 0. The van der Waals surface area contributed by atoms with E-state index in [9.17, 15) is 14.0 Å². The van der Waals surface area contributed by atoms with E-state index in [2.05, 4.69) is 0 Å². The lowest BCUT2D eigenvalue weighted by atomic mass is 9.86. The molecule has 0 aromatic heterocycles. The predicted octanol–water partition coefficient (Wildman–Crippen LogP) is 3.46. The molecule has 3 fully saturated rings. The molecule has 5 nitrogen and oxygen atoms in total. The van der Waals surface area contributed by atoms with Crippen LogP contribution in [0, 0.1) is 24.6 Å². The number of likely N-dealkylation sites (tertiary alicyclic amines) is 1. The molecule has 2 aliphatic heterocycles. The summed E-state index contributed by atoms with van der Waals surface area (Å²) >= 11 is 0. The molecule has 4 rings (SSSR count). The highest BCUT2D eigenvalue weighted by molar-refractivity contribution is 5.83. The standard InChI is InChI=1S/C23H31FN2O3/c1-16-14-18(6-8-20(16)24)21-9-7-19(22(27)25-10-12-29-13-11-25)15-26(21)23(28)17-4-2-3-5-17/h6,8,14,17,19,21H,2-5,7,9-13,15H2,1H3/t19-,21+/m1/s1. The number of hydrogen-bond acceptors (Lipinski definition) is 3. The van der Waals surface area contributed by atoms with E-state index in [1.54, 1.807) is 13.0 Å². The highest BCUT2D eigenvalue weighted by atomic mass is 19.1. The van der Waals surface area contributed by atoms with E-state index in [1.165, 1.54) is 6.07 Å². The predicted molar refractivity (Wildman–Crippen MR) is 108 cm³/mol. The summed E-state index contributed by atoms with van der Waals surface area (Å²) in [5.74, 6) is 0.00588. The molecule has 29 heavy (non-hydrogen) atoms. The maximum absolute atomic E-state index is 13.8. The van der Waals surface area contributed by atoms with Crippen LogP contribution in [0.3, 0.4) is 0 Å². The fraction of sp³-hybridized carbons (Fsp3) is 0.652. The summed E-state index contributed by atoms with van der Waals surface area (Å²) in [7, 11) is 0. The smallest absolute Gasteiger partial charge is 0.227 e. The third-order valence-corrected chi connectivity index (χ3v) is 6.81. The van der Waals surface area contributed by atoms with Crippen LogP contribution < -0.4 is 0 Å². The van der Waals surface area contributed by atoms with Gasteiger partial charge >= 0.3 is 0 Å². The minimum Gasteiger partial charge on any atom is -0.378 e. The lowest BCUT2D eigenvalue weighted by Gasteiger charge is -2.42. The average molecular weight is 403 g/mol. The molecule has 0 spiro atoms. The minimum atomic E-state index is -0.224. The van der Waals surface area contributed by atoms with Gasteiger partial charge in [0.2, 0.25) is 11.8 Å². The largest absolute Gasteiger partial charge is 0.378 e. The summed E-state index contributed by atoms with van der Waals surface area (Å²) in [4.78, 5) is 30.3. The summed E-state index contributed by atoms with van der Waals surface area (Å²) < 4.78 is 19.2. The van der Waals surface area contributed by atoms with Gasteiger partial charge in [-0.15, -0.1) is 0 Å². The highest BCUT2D eigenvalue weighted by Crippen LogP contribution is 2.38. The Bertz CT molecular complexity index is 756. The SMILES string of the molecule is Cc1cc([C@@H]2CC[C@@H](C(=O)N3CCOCC3)CN2C(=O)C2CCCC2)ccc1F. The van der Waals surface area contributed by atoms with Crippen LogP contribution in [0.2, 0.25) is 0 Å². The van der Waals surface area contributed by atoms with Crippen molar-refractivity contribution >= 4 is 11.8 Å². The molecule has 1 saturated carbocycles. The molecule has 3 aliphatic rings. The van der Waals surface area contributed by atoms with Crippen molar-refractivity contribution in [2.75, 3.05) is 32.8 Å². The molecule has 0 bridgehead atoms. The monoisotopic (exact) mass is 402 g/mol. The number of amides is 2. The molecule has 2 amide bonds. The zero-order chi connectivity index (χ0) is 20.4. The third kappa shape index (κ3) is 4.32. The van der Waals surface area contributed by atoms with Gasteiger partial charge in [0.25, 0.3) is 0 Å². The molecule has 158 valence electrons. The molecule has 2 saturated heterocycles. The van der Waals surface area contributed by atoms with Gasteiger partial charge in [-0.2, -0.15) is 0 Å². The van der Waals surface area contributed by atoms with E-state index in [0.717, 1.165) is 44.1 Å². The number of carbonyl (C=O) groups is 2. The van der Waals surface area contributed by atoms with Crippen LogP contribution in [0.5, 0.6) is 0 Å². The summed E-state index contributed by atoms with van der Waals surface area (Å²) in [5.41, 5.74) is 1.58. The Morgan fingerprint density at radius 2 is 1.72 bits per heavy atom. The maximum atomic E-state index is 13.8. The third-order valence-electron chi connectivity index (χ3n) is 6.81. The van der Waals surface area contributed by atoms with Crippen molar-refractivity contribution in [1.29, 1.82) is 0 Å².